The standard InChI is InChI=1S/C25H32N6O2S/c26-14-17-3-1-16(2-4-17)13-20-9-10-22(23(25-29-31-30-25)24(20)34(27,32)33)19-7-5-18(6-8-19)21-11-12-28-15-21/h5-10,16-17,21,28H,1-4,11-15,26H2,(H2,27,32,33)/t16-,17-,21?. The van der Waals surface area contributed by atoms with Crippen LogP contribution in [0.2, 0.25) is 0 Å². The second kappa shape index (κ2) is 9.65. The average molecular weight is 481 g/mol. The molecule has 180 valence electrons. The van der Waals surface area contributed by atoms with Crippen molar-refractivity contribution >= 4 is 15.9 Å². The quantitative estimate of drug-likeness (QED) is 0.559. The minimum Gasteiger partial charge on any atom is -0.330 e. The molecule has 5 N–H and O–H groups in total. The summed E-state index contributed by atoms with van der Waals surface area (Å²) in [4.78, 5) is 0.132. The first-order valence-corrected chi connectivity index (χ1v) is 13.7. The Morgan fingerprint density at radius 1 is 0.971 bits per heavy atom. The maximum Gasteiger partial charge on any atom is 0.239 e. The monoisotopic (exact) mass is 480 g/mol. The smallest absolute Gasteiger partial charge is 0.239 e. The third-order valence-electron chi connectivity index (χ3n) is 7.59. The van der Waals surface area contributed by atoms with Gasteiger partial charge in [0.25, 0.3) is 0 Å². The van der Waals surface area contributed by atoms with Crippen LogP contribution in [0.15, 0.2) is 56.7 Å². The number of benzene rings is 2. The van der Waals surface area contributed by atoms with Gasteiger partial charge in [-0.3, -0.25) is 0 Å². The van der Waals surface area contributed by atoms with Gasteiger partial charge in [0.15, 0.2) is 0 Å². The first-order chi connectivity index (χ1) is 16.4. The van der Waals surface area contributed by atoms with Crippen LogP contribution in [0.5, 0.6) is 0 Å². The van der Waals surface area contributed by atoms with Crippen molar-refractivity contribution in [1.29, 1.82) is 0 Å². The van der Waals surface area contributed by atoms with Crippen LogP contribution in [-0.2, 0) is 16.4 Å². The summed E-state index contributed by atoms with van der Waals surface area (Å²) in [5.74, 6) is 1.80. The zero-order chi connectivity index (χ0) is 23.7. The Morgan fingerprint density at radius 3 is 2.24 bits per heavy atom. The lowest BCUT2D eigenvalue weighted by molar-refractivity contribution is 0.278. The summed E-state index contributed by atoms with van der Waals surface area (Å²) in [6, 6.07) is 12.2. The molecule has 2 aromatic rings. The third kappa shape index (κ3) is 4.70. The van der Waals surface area contributed by atoms with E-state index in [4.69, 9.17) is 10.9 Å². The summed E-state index contributed by atoms with van der Waals surface area (Å²) in [5, 5.41) is 20.9. The summed E-state index contributed by atoms with van der Waals surface area (Å²) in [6.07, 6.45) is 6.04. The number of rotatable bonds is 7. The van der Waals surface area contributed by atoms with Crippen molar-refractivity contribution in [1.82, 2.24) is 5.32 Å². The number of primary sulfonamides is 1. The first-order valence-electron chi connectivity index (χ1n) is 12.1. The van der Waals surface area contributed by atoms with E-state index in [-0.39, 0.29) is 4.90 Å². The van der Waals surface area contributed by atoms with Crippen molar-refractivity contribution in [2.45, 2.75) is 49.3 Å². The molecular weight excluding hydrogens is 448 g/mol. The Labute approximate surface area is 201 Å². The maximum atomic E-state index is 12.9. The normalized spacial score (nSPS) is 24.6. The molecule has 0 amide bonds. The highest BCUT2D eigenvalue weighted by Gasteiger charge is 2.30. The molecule has 2 heterocycles. The topological polar surface area (TPSA) is 135 Å². The van der Waals surface area contributed by atoms with Crippen molar-refractivity contribution in [3.05, 3.63) is 53.1 Å². The molecule has 0 aromatic heterocycles. The minimum atomic E-state index is -4.01. The van der Waals surface area contributed by atoms with Crippen molar-refractivity contribution < 1.29 is 8.42 Å². The van der Waals surface area contributed by atoms with Crippen LogP contribution in [0.1, 0.15) is 54.7 Å². The SMILES string of the molecule is NC[C@H]1CC[C@H](Cc2ccc(-c3ccc(C4CCNC4)cc3)c(C3=NN=N3)c2S(N)(=O)=O)CC1. The predicted molar refractivity (Wildman–Crippen MR) is 133 cm³/mol. The Bertz CT molecular complexity index is 1210. The Hall–Kier alpha value is -2.46. The lowest BCUT2D eigenvalue weighted by Gasteiger charge is -2.28. The molecule has 2 fully saturated rings. The van der Waals surface area contributed by atoms with Crippen LogP contribution in [-0.4, -0.2) is 33.9 Å². The van der Waals surface area contributed by atoms with Gasteiger partial charge < -0.3 is 11.1 Å². The second-order valence-corrected chi connectivity index (χ2v) is 11.3. The summed E-state index contributed by atoms with van der Waals surface area (Å²) >= 11 is 0. The molecule has 1 unspecified atom stereocenters. The molecule has 8 nitrogen and oxygen atoms in total. The molecular formula is C25H32N6O2S. The van der Waals surface area contributed by atoms with Crippen molar-refractivity contribution in [2.24, 2.45) is 38.1 Å². The van der Waals surface area contributed by atoms with Gasteiger partial charge in [-0.2, -0.15) is 0 Å². The lowest BCUT2D eigenvalue weighted by Crippen LogP contribution is -2.24. The highest BCUT2D eigenvalue weighted by Crippen LogP contribution is 2.37. The number of hydrogen-bond donors (Lipinski definition) is 3. The number of nitrogens with zero attached hydrogens (tertiary/aromatic N) is 3. The van der Waals surface area contributed by atoms with Gasteiger partial charge in [-0.1, -0.05) is 36.4 Å². The summed E-state index contributed by atoms with van der Waals surface area (Å²) in [7, 11) is -4.01. The van der Waals surface area contributed by atoms with Crippen LogP contribution in [0.25, 0.3) is 11.1 Å². The van der Waals surface area contributed by atoms with Gasteiger partial charge in [0.2, 0.25) is 15.9 Å². The van der Waals surface area contributed by atoms with E-state index in [1.807, 2.05) is 24.3 Å². The highest BCUT2D eigenvalue weighted by molar-refractivity contribution is 7.89. The van der Waals surface area contributed by atoms with E-state index in [1.54, 1.807) is 0 Å². The molecule has 34 heavy (non-hydrogen) atoms. The van der Waals surface area contributed by atoms with Crippen molar-refractivity contribution in [2.75, 3.05) is 19.6 Å². The molecule has 1 aliphatic carbocycles. The summed E-state index contributed by atoms with van der Waals surface area (Å²) < 4.78 is 25.8. The van der Waals surface area contributed by atoms with Crippen LogP contribution >= 0.6 is 0 Å². The molecule has 1 atom stereocenters. The number of amidine groups is 1. The maximum absolute atomic E-state index is 12.9. The summed E-state index contributed by atoms with van der Waals surface area (Å²) in [6.45, 7) is 2.74. The Balaban J connectivity index is 1.53. The molecule has 9 heteroatoms. The van der Waals surface area contributed by atoms with Gasteiger partial charge in [-0.25, -0.2) is 13.6 Å². The minimum absolute atomic E-state index is 0.132. The Morgan fingerprint density at radius 2 is 1.68 bits per heavy atom. The van der Waals surface area contributed by atoms with Crippen LogP contribution < -0.4 is 16.2 Å². The van der Waals surface area contributed by atoms with E-state index in [9.17, 15) is 8.42 Å². The zero-order valence-corrected chi connectivity index (χ0v) is 20.1. The fourth-order valence-electron chi connectivity index (χ4n) is 5.62. The highest BCUT2D eigenvalue weighted by atomic mass is 32.2. The molecule has 2 aliphatic heterocycles. The fraction of sp³-hybridized carbons (Fsp3) is 0.480. The largest absolute Gasteiger partial charge is 0.330 e. The molecule has 2 aromatic carbocycles. The van der Waals surface area contributed by atoms with Gasteiger partial charge in [0, 0.05) is 6.54 Å². The van der Waals surface area contributed by atoms with Gasteiger partial charge in [0.05, 0.1) is 10.5 Å². The van der Waals surface area contributed by atoms with Crippen LogP contribution in [0, 0.1) is 11.8 Å². The molecule has 0 spiro atoms. The zero-order valence-electron chi connectivity index (χ0n) is 19.3. The van der Waals surface area contributed by atoms with E-state index in [1.165, 1.54) is 5.56 Å². The molecule has 1 saturated heterocycles. The molecule has 5 rings (SSSR count). The van der Waals surface area contributed by atoms with E-state index >= 15 is 0 Å². The second-order valence-electron chi connectivity index (χ2n) is 9.77. The van der Waals surface area contributed by atoms with E-state index in [2.05, 4.69) is 32.9 Å². The first kappa shape index (κ1) is 23.3. The number of nitrogens with two attached hydrogens (primary N) is 2. The average Bonchev–Trinajstić information content (AvgIpc) is 3.33. The molecule has 0 radical (unpaired) electrons. The van der Waals surface area contributed by atoms with Gasteiger partial charge in [0.1, 0.15) is 0 Å². The van der Waals surface area contributed by atoms with Gasteiger partial charge >= 0.3 is 0 Å². The number of hydrogen-bond acceptors (Lipinski definition) is 7. The number of nitrogens with one attached hydrogen (secondary N) is 1. The summed E-state index contributed by atoms with van der Waals surface area (Å²) in [5.41, 5.74) is 9.99. The van der Waals surface area contributed by atoms with Gasteiger partial charge in [-0.15, -0.1) is 10.2 Å². The van der Waals surface area contributed by atoms with Crippen molar-refractivity contribution in [3.63, 3.8) is 0 Å². The fourth-order valence-corrected chi connectivity index (χ4v) is 6.62. The molecule has 0 bridgehead atoms. The Kier molecular flexibility index (Phi) is 6.61. The van der Waals surface area contributed by atoms with E-state index in [0.717, 1.165) is 68.4 Å². The third-order valence-corrected chi connectivity index (χ3v) is 8.62. The van der Waals surface area contributed by atoms with Gasteiger partial charge in [-0.05, 0) is 96.8 Å². The lowest BCUT2D eigenvalue weighted by atomic mass is 9.79. The van der Waals surface area contributed by atoms with E-state index in [0.29, 0.717) is 35.6 Å². The van der Waals surface area contributed by atoms with E-state index < -0.39 is 10.0 Å². The molecule has 3 aliphatic rings. The molecule has 1 saturated carbocycles. The predicted octanol–water partition coefficient (Wildman–Crippen LogP) is 3.51. The number of sulfonamides is 1. The van der Waals surface area contributed by atoms with Crippen LogP contribution in [0.3, 0.4) is 0 Å². The van der Waals surface area contributed by atoms with Crippen molar-refractivity contribution in [3.8, 4) is 11.1 Å². The van der Waals surface area contributed by atoms with Crippen LogP contribution in [0.4, 0.5) is 0 Å².